The molecule has 1 rings (SSSR count). The van der Waals surface area contributed by atoms with Gasteiger partial charge >= 0.3 is 0 Å². The first kappa shape index (κ1) is 16.0. The Morgan fingerprint density at radius 2 is 1.89 bits per heavy atom. The quantitative estimate of drug-likeness (QED) is 0.713. The lowest BCUT2D eigenvalue weighted by Crippen LogP contribution is -2.50. The lowest BCUT2D eigenvalue weighted by Gasteiger charge is -2.40. The Kier molecular flexibility index (Phi) is 7.92. The molecule has 0 radical (unpaired) electrons. The number of rotatable bonds is 8. The molecule has 0 spiro atoms. The van der Waals surface area contributed by atoms with Crippen LogP contribution in [0.15, 0.2) is 0 Å². The van der Waals surface area contributed by atoms with E-state index in [1.54, 1.807) is 0 Å². The summed E-state index contributed by atoms with van der Waals surface area (Å²) in [6.07, 6.45) is 6.59. The Labute approximate surface area is 115 Å². The van der Waals surface area contributed by atoms with Gasteiger partial charge in [0.15, 0.2) is 0 Å². The van der Waals surface area contributed by atoms with Gasteiger partial charge < -0.3 is 10.2 Å². The van der Waals surface area contributed by atoms with Crippen LogP contribution >= 0.6 is 0 Å². The molecule has 0 aromatic rings. The zero-order valence-electron chi connectivity index (χ0n) is 13.0. The summed E-state index contributed by atoms with van der Waals surface area (Å²) in [6, 6.07) is 0.771. The number of piperidine rings is 1. The summed E-state index contributed by atoms with van der Waals surface area (Å²) in [7, 11) is 0. The molecule has 1 heterocycles. The van der Waals surface area contributed by atoms with E-state index in [1.165, 1.54) is 58.3 Å². The molecule has 0 bridgehead atoms. The van der Waals surface area contributed by atoms with Gasteiger partial charge in [0.05, 0.1) is 0 Å². The van der Waals surface area contributed by atoms with Gasteiger partial charge in [-0.3, -0.25) is 0 Å². The largest absolute Gasteiger partial charge is 0.314 e. The van der Waals surface area contributed by atoms with Gasteiger partial charge in [0.1, 0.15) is 0 Å². The molecule has 2 atom stereocenters. The summed E-state index contributed by atoms with van der Waals surface area (Å²) in [4.78, 5) is 2.72. The molecule has 0 aromatic carbocycles. The molecule has 2 nitrogen and oxygen atoms in total. The Morgan fingerprint density at radius 1 is 1.17 bits per heavy atom. The van der Waals surface area contributed by atoms with Crippen molar-refractivity contribution in [1.82, 2.24) is 10.2 Å². The van der Waals surface area contributed by atoms with Crippen molar-refractivity contribution >= 4 is 0 Å². The van der Waals surface area contributed by atoms with E-state index in [-0.39, 0.29) is 0 Å². The van der Waals surface area contributed by atoms with E-state index in [0.717, 1.165) is 17.9 Å². The van der Waals surface area contributed by atoms with Gasteiger partial charge in [0, 0.05) is 19.1 Å². The molecule has 2 heteroatoms. The Balaban J connectivity index is 2.39. The molecular weight excluding hydrogens is 220 g/mol. The lowest BCUT2D eigenvalue weighted by atomic mass is 9.89. The van der Waals surface area contributed by atoms with Crippen LogP contribution in [0.1, 0.15) is 59.8 Å². The van der Waals surface area contributed by atoms with Gasteiger partial charge in [-0.15, -0.1) is 0 Å². The highest BCUT2D eigenvalue weighted by atomic mass is 15.1. The first-order chi connectivity index (χ1) is 8.74. The molecule has 108 valence electrons. The minimum absolute atomic E-state index is 0.771. The Bertz CT molecular complexity index is 201. The van der Waals surface area contributed by atoms with Crippen molar-refractivity contribution < 1.29 is 0 Å². The van der Waals surface area contributed by atoms with Gasteiger partial charge in [-0.05, 0) is 37.8 Å². The number of nitrogens with one attached hydrogen (secondary N) is 1. The van der Waals surface area contributed by atoms with E-state index >= 15 is 0 Å². The second-order valence-corrected chi connectivity index (χ2v) is 5.96. The first-order valence-corrected chi connectivity index (χ1v) is 8.20. The molecule has 1 saturated heterocycles. The maximum Gasteiger partial charge on any atom is 0.0120 e. The molecule has 0 aromatic heterocycles. The molecule has 0 saturated carbocycles. The average molecular weight is 254 g/mol. The fourth-order valence-corrected chi connectivity index (χ4v) is 3.20. The zero-order chi connectivity index (χ0) is 13.4. The minimum Gasteiger partial charge on any atom is -0.314 e. The highest BCUT2D eigenvalue weighted by Crippen LogP contribution is 2.22. The standard InChI is InChI=1S/C16H34N2/c1-5-10-17-16-9-11-18(13-15(16)8-4)12-14(6-2)7-3/h14-17H,5-13H2,1-4H3. The fraction of sp³-hybridized carbons (Fsp3) is 1.00. The van der Waals surface area contributed by atoms with Crippen LogP contribution in [0, 0.1) is 11.8 Å². The predicted molar refractivity (Wildman–Crippen MR) is 81.0 cm³/mol. The van der Waals surface area contributed by atoms with Gasteiger partial charge in [0.2, 0.25) is 0 Å². The molecule has 1 fully saturated rings. The van der Waals surface area contributed by atoms with E-state index in [9.17, 15) is 0 Å². The summed E-state index contributed by atoms with van der Waals surface area (Å²) in [5.41, 5.74) is 0. The molecular formula is C16H34N2. The van der Waals surface area contributed by atoms with Crippen LogP contribution in [0.2, 0.25) is 0 Å². The molecule has 1 N–H and O–H groups in total. The highest BCUT2D eigenvalue weighted by Gasteiger charge is 2.27. The van der Waals surface area contributed by atoms with Gasteiger partial charge in [-0.25, -0.2) is 0 Å². The third-order valence-electron chi connectivity index (χ3n) is 4.67. The van der Waals surface area contributed by atoms with Crippen LogP contribution < -0.4 is 5.32 Å². The molecule has 2 unspecified atom stereocenters. The number of likely N-dealkylation sites (tertiary alicyclic amines) is 1. The SMILES string of the molecule is CCCNC1CCN(CC(CC)CC)CC1CC. The predicted octanol–water partition coefficient (Wildman–Crippen LogP) is 3.52. The fourth-order valence-electron chi connectivity index (χ4n) is 3.20. The van der Waals surface area contributed by atoms with Crippen molar-refractivity contribution in [2.24, 2.45) is 11.8 Å². The van der Waals surface area contributed by atoms with Crippen molar-refractivity contribution in [3.05, 3.63) is 0 Å². The maximum atomic E-state index is 3.75. The molecule has 0 amide bonds. The van der Waals surface area contributed by atoms with Crippen molar-refractivity contribution in [1.29, 1.82) is 0 Å². The number of nitrogens with zero attached hydrogens (tertiary/aromatic N) is 1. The first-order valence-electron chi connectivity index (χ1n) is 8.20. The highest BCUT2D eigenvalue weighted by molar-refractivity contribution is 4.85. The zero-order valence-corrected chi connectivity index (χ0v) is 13.0. The van der Waals surface area contributed by atoms with Crippen molar-refractivity contribution in [2.75, 3.05) is 26.2 Å². The topological polar surface area (TPSA) is 15.3 Å². The third kappa shape index (κ3) is 4.89. The molecule has 1 aliphatic rings. The van der Waals surface area contributed by atoms with Crippen LogP contribution in [0.5, 0.6) is 0 Å². The monoisotopic (exact) mass is 254 g/mol. The van der Waals surface area contributed by atoms with Gasteiger partial charge in [-0.1, -0.05) is 47.0 Å². The summed E-state index contributed by atoms with van der Waals surface area (Å²) in [5.74, 6) is 1.77. The Hall–Kier alpha value is -0.0800. The van der Waals surface area contributed by atoms with E-state index in [2.05, 4.69) is 37.9 Å². The normalized spacial score (nSPS) is 25.8. The number of hydrogen-bond acceptors (Lipinski definition) is 2. The van der Waals surface area contributed by atoms with Crippen molar-refractivity contribution in [3.8, 4) is 0 Å². The summed E-state index contributed by atoms with van der Waals surface area (Å²) in [6.45, 7) is 14.4. The minimum atomic E-state index is 0.771. The second kappa shape index (κ2) is 8.92. The molecule has 0 aliphatic carbocycles. The van der Waals surface area contributed by atoms with Gasteiger partial charge in [-0.2, -0.15) is 0 Å². The van der Waals surface area contributed by atoms with E-state index in [1.807, 2.05) is 0 Å². The maximum absolute atomic E-state index is 3.75. The van der Waals surface area contributed by atoms with Crippen LogP contribution in [0.3, 0.4) is 0 Å². The summed E-state index contributed by atoms with van der Waals surface area (Å²) in [5, 5.41) is 3.75. The van der Waals surface area contributed by atoms with E-state index < -0.39 is 0 Å². The van der Waals surface area contributed by atoms with Crippen molar-refractivity contribution in [2.45, 2.75) is 65.8 Å². The average Bonchev–Trinajstić information content (AvgIpc) is 2.42. The van der Waals surface area contributed by atoms with Gasteiger partial charge in [0.25, 0.3) is 0 Å². The Morgan fingerprint density at radius 3 is 2.44 bits per heavy atom. The number of hydrogen-bond donors (Lipinski definition) is 1. The summed E-state index contributed by atoms with van der Waals surface area (Å²) < 4.78 is 0. The van der Waals surface area contributed by atoms with Crippen LogP contribution in [-0.2, 0) is 0 Å². The lowest BCUT2D eigenvalue weighted by molar-refractivity contribution is 0.116. The second-order valence-electron chi connectivity index (χ2n) is 5.96. The molecule has 1 aliphatic heterocycles. The van der Waals surface area contributed by atoms with E-state index in [0.29, 0.717) is 0 Å². The molecule has 18 heavy (non-hydrogen) atoms. The van der Waals surface area contributed by atoms with Crippen LogP contribution in [-0.4, -0.2) is 37.1 Å². The van der Waals surface area contributed by atoms with Crippen LogP contribution in [0.25, 0.3) is 0 Å². The third-order valence-corrected chi connectivity index (χ3v) is 4.67. The van der Waals surface area contributed by atoms with E-state index in [4.69, 9.17) is 0 Å². The van der Waals surface area contributed by atoms with Crippen LogP contribution in [0.4, 0.5) is 0 Å². The van der Waals surface area contributed by atoms with Crippen molar-refractivity contribution in [3.63, 3.8) is 0 Å². The smallest absolute Gasteiger partial charge is 0.0120 e. The summed E-state index contributed by atoms with van der Waals surface area (Å²) >= 11 is 0.